The Morgan fingerprint density at radius 3 is 1.07 bits per heavy atom. The van der Waals surface area contributed by atoms with Crippen molar-refractivity contribution in [3.8, 4) is 0 Å². The Bertz CT molecular complexity index is 3510. The molecule has 4 fully saturated rings. The van der Waals surface area contributed by atoms with Gasteiger partial charge in [-0.25, -0.2) is 18.7 Å². The molecular weight excluding hydrogens is 1690 g/mol. The van der Waals surface area contributed by atoms with E-state index in [1.807, 2.05) is 32.0 Å². The molecule has 4 aliphatic heterocycles. The minimum absolute atomic E-state index is 0.0624. The predicted molar refractivity (Wildman–Crippen MR) is 437 cm³/mol. The summed E-state index contributed by atoms with van der Waals surface area (Å²) >= 11 is 0. The lowest BCUT2D eigenvalue weighted by molar-refractivity contribution is -0.272. The van der Waals surface area contributed by atoms with Crippen LogP contribution in [0.4, 0.5) is 0 Å². The number of hydrogen-bond acceptors (Lipinski definition) is 41. The molecular formula is C73H129N18O29PS2. The van der Waals surface area contributed by atoms with E-state index in [0.29, 0.717) is 84.4 Å². The van der Waals surface area contributed by atoms with Gasteiger partial charge < -0.3 is 139 Å². The summed E-state index contributed by atoms with van der Waals surface area (Å²) in [5.74, 6) is -0.183. The SMILES string of the molecule is CC(=O)NC1C(OCCOCCn2cc(C)nn2)OC(CO)C(O)C1O.CC(=O)NC1C(OCCOCCn2cc(CN(C)Cc3cn(CCOCCOC4OC(CO)C(O)C(O)C4NC(C)=O)nn3)nn2)OC(CO)C(O)C1O.CCN(CCCC[C@@H](C)C(=O)CCCSSP)Cc1cn(CCOCCOC2OC(CO)C(O)C(O)C2NC(C)=O)nn1. The summed E-state index contributed by atoms with van der Waals surface area (Å²) < 4.78 is 73.4. The van der Waals surface area contributed by atoms with Crippen LogP contribution in [0.15, 0.2) is 24.8 Å². The van der Waals surface area contributed by atoms with Crippen molar-refractivity contribution in [3.05, 3.63) is 47.6 Å². The number of carbonyl (C=O) groups excluding carboxylic acids is 5. The van der Waals surface area contributed by atoms with Gasteiger partial charge in [-0.1, -0.05) is 70.8 Å². The summed E-state index contributed by atoms with van der Waals surface area (Å²) in [6.07, 6.45) is -7.40. The maximum atomic E-state index is 12.3. The van der Waals surface area contributed by atoms with Crippen molar-refractivity contribution in [2.24, 2.45) is 5.92 Å². The van der Waals surface area contributed by atoms with Crippen LogP contribution in [0.3, 0.4) is 0 Å². The van der Waals surface area contributed by atoms with E-state index >= 15 is 0 Å². The Morgan fingerprint density at radius 1 is 0.463 bits per heavy atom. The van der Waals surface area contributed by atoms with Crippen LogP contribution < -0.4 is 21.3 Å². The molecule has 4 aromatic heterocycles. The molecule has 0 saturated carbocycles. The van der Waals surface area contributed by atoms with Crippen molar-refractivity contribution in [2.45, 2.75) is 249 Å². The fourth-order valence-electron chi connectivity index (χ4n) is 13.2. The van der Waals surface area contributed by atoms with Gasteiger partial charge in [0.05, 0.1) is 155 Å². The quantitative estimate of drug-likeness (QED) is 0.0111. The van der Waals surface area contributed by atoms with Crippen molar-refractivity contribution < 1.29 is 142 Å². The van der Waals surface area contributed by atoms with Gasteiger partial charge in [-0.15, -0.1) is 20.4 Å². The molecule has 702 valence electrons. The number of Topliss-reactive ketones (excluding diaryl/α,β-unsaturated/α-hetero) is 1. The molecule has 123 heavy (non-hydrogen) atoms. The monoisotopic (exact) mass is 1820 g/mol. The van der Waals surface area contributed by atoms with E-state index < -0.39 is 173 Å². The third-order valence-corrected chi connectivity index (χ3v) is 22.4. The second-order valence-corrected chi connectivity index (χ2v) is 33.5. The van der Waals surface area contributed by atoms with Crippen LogP contribution in [-0.4, -0.2) is 415 Å². The standard InChI is InChI=1S/C31H53N9O14.C27H50N5O8PS2.C15H26N4O7/c1-18(43)32-24-28(47)26(45)22(16-41)53-30(24)51-10-8-49-6-4-39-14-20(34-36-39)12-38(3)13-21-15-40(37-35-21)5-7-50-9-11-52-31-25(33-19(2)44)29(48)27(46)23(17-42)54-31;1-4-31(10-6-5-8-19(2)22(35)9-7-15-42-43-41)16-21-17-32(30-29-21)11-12-38-13-14-39-27-24(28-20(3)34)26(37)25(36)23(18-33)40-27;1-9-7-19(18-17-9)3-4-24-5-6-25-15-12(16-10(2)21)14(23)13(22)11(8-20)26-15/h14-15,22-31,41-42,45-48H,4-13,16-17H2,1-3H3,(H,32,43)(H,33,44);17,19,23-27,33,36-37H,4-16,18,41H2,1-3H3,(H,28,34);7,11-15,20,22-23H,3-6,8H2,1-2H3,(H,16,21)/t;19-,23?,24?,25?,26?,27?;/m.1./s1. The summed E-state index contributed by atoms with van der Waals surface area (Å²) in [6.45, 7) is 17.1. The average molecular weight is 1820 g/mol. The molecule has 47 nitrogen and oxygen atoms in total. The minimum Gasteiger partial charge on any atom is -0.394 e. The number of unbranched alkanes of at least 4 members (excludes halogenated alkanes) is 1. The molecule has 4 saturated heterocycles. The van der Waals surface area contributed by atoms with Crippen LogP contribution in [0.2, 0.25) is 0 Å². The van der Waals surface area contributed by atoms with Crippen molar-refractivity contribution in [2.75, 3.05) is 132 Å². The van der Waals surface area contributed by atoms with Crippen molar-refractivity contribution in [3.63, 3.8) is 0 Å². The van der Waals surface area contributed by atoms with Crippen LogP contribution in [0.5, 0.6) is 0 Å². The highest BCUT2D eigenvalue weighted by Gasteiger charge is 2.49. The van der Waals surface area contributed by atoms with E-state index in [-0.39, 0.29) is 58.8 Å². The van der Waals surface area contributed by atoms with Gasteiger partial charge in [-0.2, -0.15) is 0 Å². The molecule has 0 bridgehead atoms. The first-order chi connectivity index (χ1) is 59.0. The zero-order chi connectivity index (χ0) is 89.9. The van der Waals surface area contributed by atoms with E-state index in [1.54, 1.807) is 58.5 Å². The molecule has 22 atom stereocenters. The first kappa shape index (κ1) is 106. The highest BCUT2D eigenvalue weighted by Crippen LogP contribution is 2.30. The topological polar surface area (TPSA) is 616 Å². The number of aromatic nitrogens is 12. The summed E-state index contributed by atoms with van der Waals surface area (Å²) in [4.78, 5) is 62.6. The van der Waals surface area contributed by atoms with E-state index in [4.69, 9.17) is 56.8 Å². The Morgan fingerprint density at radius 2 is 0.780 bits per heavy atom. The van der Waals surface area contributed by atoms with Crippen LogP contribution in [-0.2, 0) is 127 Å². The molecule has 0 radical (unpaired) electrons. The second-order valence-electron chi connectivity index (χ2n) is 29.6. The van der Waals surface area contributed by atoms with E-state index in [9.17, 15) is 85.3 Å². The number of nitrogens with one attached hydrogen (secondary N) is 4. The minimum atomic E-state index is -1.39. The molecule has 0 aromatic carbocycles. The number of rotatable bonds is 54. The largest absolute Gasteiger partial charge is 0.394 e. The normalized spacial score (nSPS) is 26.8. The van der Waals surface area contributed by atoms with E-state index in [2.05, 4.69) is 82.8 Å². The van der Waals surface area contributed by atoms with Gasteiger partial charge in [0.15, 0.2) is 25.2 Å². The number of aliphatic hydroxyl groups excluding tert-OH is 12. The number of nitrogens with zero attached hydrogens (tertiary/aromatic N) is 14. The smallest absolute Gasteiger partial charge is 0.217 e. The maximum absolute atomic E-state index is 12.3. The summed E-state index contributed by atoms with van der Waals surface area (Å²) in [6, 6.07) is -3.98. The first-order valence-corrected chi connectivity index (χ1v) is 44.6. The lowest BCUT2D eigenvalue weighted by atomic mass is 9.96. The molecule has 0 spiro atoms. The molecule has 16 N–H and O–H groups in total. The average Bonchev–Trinajstić information content (AvgIpc) is 0.869. The fourth-order valence-corrected chi connectivity index (χ4v) is 15.1. The van der Waals surface area contributed by atoms with E-state index in [0.717, 1.165) is 67.3 Å². The van der Waals surface area contributed by atoms with E-state index in [1.165, 1.54) is 27.7 Å². The number of amides is 4. The first-order valence-electron chi connectivity index (χ1n) is 40.8. The Labute approximate surface area is 723 Å². The van der Waals surface area contributed by atoms with Crippen LogP contribution in [0.1, 0.15) is 96.4 Å². The zero-order valence-electron chi connectivity index (χ0n) is 70.8. The Hall–Kier alpha value is -5.80. The molecule has 4 aromatic rings. The number of aryl methyl sites for hydroxylation is 1. The molecule has 50 heteroatoms. The number of carbonyl (C=O) groups is 5. The molecule has 21 unspecified atom stereocenters. The third-order valence-electron chi connectivity index (χ3n) is 19.6. The third kappa shape index (κ3) is 37.4. The Kier molecular flexibility index (Phi) is 49.9. The summed E-state index contributed by atoms with van der Waals surface area (Å²) in [7, 11) is 7.97. The lowest BCUT2D eigenvalue weighted by Gasteiger charge is -2.42. The van der Waals surface area contributed by atoms with Crippen LogP contribution >= 0.6 is 29.6 Å². The van der Waals surface area contributed by atoms with Gasteiger partial charge in [-0.05, 0) is 46.3 Å². The van der Waals surface area contributed by atoms with Gasteiger partial charge >= 0.3 is 0 Å². The maximum Gasteiger partial charge on any atom is 0.217 e. The summed E-state index contributed by atoms with van der Waals surface area (Å²) in [5, 5.41) is 162. The number of ketones is 1. The van der Waals surface area contributed by atoms with Crippen LogP contribution in [0, 0.1) is 12.8 Å². The van der Waals surface area contributed by atoms with Gasteiger partial charge in [0.25, 0.3) is 0 Å². The number of hydrogen-bond donors (Lipinski definition) is 16. The zero-order valence-corrected chi connectivity index (χ0v) is 73.6. The van der Waals surface area contributed by atoms with Gasteiger partial charge in [0, 0.05) is 90.2 Å². The van der Waals surface area contributed by atoms with Gasteiger partial charge in [0.1, 0.15) is 103 Å². The Balaban J connectivity index is 0.000000303. The fraction of sp³-hybridized carbons (Fsp3) is 0.822. The number of aliphatic hydroxyl groups is 12. The van der Waals surface area contributed by atoms with Crippen molar-refractivity contribution >= 4 is 59.1 Å². The molecule has 4 aliphatic rings. The number of ether oxygens (including phenoxy) is 12. The van der Waals surface area contributed by atoms with Gasteiger partial charge in [0.2, 0.25) is 23.6 Å². The summed E-state index contributed by atoms with van der Waals surface area (Å²) in [5.41, 5.74) is 3.18. The highest BCUT2D eigenvalue weighted by atomic mass is 33.3. The lowest BCUT2D eigenvalue weighted by Crippen LogP contribution is -2.64. The molecule has 0 aliphatic carbocycles. The predicted octanol–water partition coefficient (Wildman–Crippen LogP) is -6.58. The molecule has 4 amide bonds. The van der Waals surface area contributed by atoms with Crippen LogP contribution in [0.25, 0.3) is 0 Å². The highest BCUT2D eigenvalue weighted by molar-refractivity contribution is 8.94. The van der Waals surface area contributed by atoms with Crippen molar-refractivity contribution in [1.29, 1.82) is 0 Å². The van der Waals surface area contributed by atoms with Crippen molar-refractivity contribution in [1.82, 2.24) is 91.0 Å². The second kappa shape index (κ2) is 57.9. The van der Waals surface area contributed by atoms with Gasteiger partial charge in [-0.3, -0.25) is 33.8 Å². The molecule has 8 rings (SSSR count). The molecule has 8 heterocycles.